The van der Waals surface area contributed by atoms with Crippen molar-refractivity contribution in [2.24, 2.45) is 17.4 Å². The molecule has 6 nitrogen and oxygen atoms in total. The summed E-state index contributed by atoms with van der Waals surface area (Å²) in [7, 11) is 2.00. The molecule has 6 aromatic rings. The van der Waals surface area contributed by atoms with Crippen molar-refractivity contribution in [2.75, 3.05) is 0 Å². The van der Waals surface area contributed by atoms with E-state index in [1.54, 1.807) is 6.20 Å². The predicted octanol–water partition coefficient (Wildman–Crippen LogP) is 8.17. The summed E-state index contributed by atoms with van der Waals surface area (Å²) < 4.78 is 2.04. The van der Waals surface area contributed by atoms with Crippen LogP contribution in [0.1, 0.15) is 41.1 Å². The van der Waals surface area contributed by atoms with Gasteiger partial charge in [0.25, 0.3) is 0 Å². The quantitative estimate of drug-likeness (QED) is 0.0897. The zero-order valence-electron chi connectivity index (χ0n) is 25.2. The van der Waals surface area contributed by atoms with Gasteiger partial charge in [0.05, 0.1) is 5.69 Å². The number of aryl methyl sites for hydroxylation is 1. The van der Waals surface area contributed by atoms with E-state index < -0.39 is 0 Å². The lowest BCUT2D eigenvalue weighted by molar-refractivity contribution is -0.672. The fraction of sp³-hybridized carbons (Fsp3) is 0.100. The normalized spacial score (nSPS) is 11.0. The molecule has 0 N–H and O–H groups in total. The number of benzene rings is 4. The number of aromatic nitrogens is 2. The van der Waals surface area contributed by atoms with Crippen molar-refractivity contribution >= 4 is 11.4 Å². The van der Waals surface area contributed by atoms with Crippen LogP contribution in [0.4, 0.5) is 0 Å². The summed E-state index contributed by atoms with van der Waals surface area (Å²) >= 11 is 0. The average Bonchev–Trinajstić information content (AvgIpc) is 3.11. The number of hydrogen-bond acceptors (Lipinski definition) is 5. The zero-order valence-corrected chi connectivity index (χ0v) is 25.2. The first-order valence-electron chi connectivity index (χ1n) is 14.7. The molecule has 0 radical (unpaired) electrons. The standard InChI is InChI=1S/C20H19N2O.C19H16N2O.CH4/c1-22-15-9-8-14-19(22)20(18-12-6-3-7-13-18)21-23-16-17-10-4-2-5-11-17;1-3-9-16(10-4-1)15-22-21-19(17-11-5-2-6-12-17)18-13-7-8-14-20-18;/h2-15H,16H2,1H3;1-14H,15H2;1H4/q+1;;/b21-20+;21-19+;. The second-order valence-corrected chi connectivity index (χ2v) is 10.0. The van der Waals surface area contributed by atoms with Crippen molar-refractivity contribution in [1.82, 2.24) is 4.98 Å². The Labute approximate surface area is 271 Å². The van der Waals surface area contributed by atoms with Crippen LogP contribution in [0.3, 0.4) is 0 Å². The van der Waals surface area contributed by atoms with Gasteiger partial charge < -0.3 is 9.68 Å². The number of pyridine rings is 2. The number of hydrogen-bond donors (Lipinski definition) is 0. The number of oxime groups is 2. The molecule has 0 bridgehead atoms. The van der Waals surface area contributed by atoms with E-state index in [1.807, 2.05) is 176 Å². The topological polar surface area (TPSA) is 60.0 Å². The van der Waals surface area contributed by atoms with Gasteiger partial charge in [-0.25, -0.2) is 0 Å². The predicted molar refractivity (Wildman–Crippen MR) is 185 cm³/mol. The summed E-state index contributed by atoms with van der Waals surface area (Å²) in [6, 6.07) is 51.8. The van der Waals surface area contributed by atoms with Gasteiger partial charge in [-0.3, -0.25) is 4.98 Å². The molecule has 0 amide bonds. The maximum absolute atomic E-state index is 5.62. The average molecular weight is 608 g/mol. The molecule has 0 saturated carbocycles. The van der Waals surface area contributed by atoms with E-state index in [0.29, 0.717) is 13.2 Å². The minimum atomic E-state index is 0. The Bertz CT molecular complexity index is 1740. The molecule has 46 heavy (non-hydrogen) atoms. The van der Waals surface area contributed by atoms with E-state index >= 15 is 0 Å². The summed E-state index contributed by atoms with van der Waals surface area (Å²) in [5.74, 6) is 0. The van der Waals surface area contributed by atoms with Crippen LogP contribution in [-0.2, 0) is 29.9 Å². The Morgan fingerprint density at radius 3 is 1.50 bits per heavy atom. The van der Waals surface area contributed by atoms with Crippen molar-refractivity contribution in [1.29, 1.82) is 0 Å². The molecule has 0 aliphatic rings. The summed E-state index contributed by atoms with van der Waals surface area (Å²) in [5.41, 5.74) is 7.55. The summed E-state index contributed by atoms with van der Waals surface area (Å²) in [6.07, 6.45) is 3.76. The van der Waals surface area contributed by atoms with Crippen molar-refractivity contribution in [3.8, 4) is 0 Å². The third-order valence-corrected chi connectivity index (χ3v) is 6.76. The lowest BCUT2D eigenvalue weighted by atomic mass is 10.1. The molecule has 2 aromatic heterocycles. The van der Waals surface area contributed by atoms with Gasteiger partial charge in [0.15, 0.2) is 11.9 Å². The van der Waals surface area contributed by atoms with Gasteiger partial charge in [0, 0.05) is 29.5 Å². The van der Waals surface area contributed by atoms with Crippen LogP contribution in [0, 0.1) is 0 Å². The van der Waals surface area contributed by atoms with Crippen molar-refractivity contribution in [3.05, 3.63) is 204 Å². The molecular formula is C40H39N4O2+. The Hall–Kier alpha value is -5.88. The van der Waals surface area contributed by atoms with Crippen molar-refractivity contribution < 1.29 is 14.2 Å². The maximum Gasteiger partial charge on any atom is 0.234 e. The SMILES string of the molecule is C.C[n+]1ccccc1/C(=N/OCc1ccccc1)c1ccccc1.c1ccc(CO/N=C(\c2ccccc2)c2ccccn2)cc1. The van der Waals surface area contributed by atoms with E-state index in [9.17, 15) is 0 Å². The van der Waals surface area contributed by atoms with E-state index in [-0.39, 0.29) is 7.43 Å². The molecule has 0 saturated heterocycles. The molecule has 0 spiro atoms. The fourth-order valence-electron chi connectivity index (χ4n) is 4.45. The molecule has 0 aliphatic carbocycles. The minimum absolute atomic E-state index is 0. The maximum atomic E-state index is 5.62. The molecule has 0 aliphatic heterocycles. The molecule has 2 heterocycles. The van der Waals surface area contributed by atoms with E-state index in [0.717, 1.165) is 45.1 Å². The molecule has 4 aromatic carbocycles. The van der Waals surface area contributed by atoms with Crippen LogP contribution in [0.25, 0.3) is 0 Å². The monoisotopic (exact) mass is 607 g/mol. The second-order valence-electron chi connectivity index (χ2n) is 10.0. The zero-order chi connectivity index (χ0) is 30.9. The lowest BCUT2D eigenvalue weighted by Crippen LogP contribution is -2.36. The van der Waals surface area contributed by atoms with Crippen LogP contribution < -0.4 is 4.57 Å². The Kier molecular flexibility index (Phi) is 13.0. The third kappa shape index (κ3) is 9.82. The Morgan fingerprint density at radius 2 is 1.00 bits per heavy atom. The van der Waals surface area contributed by atoms with Gasteiger partial charge in [-0.15, -0.1) is 0 Å². The van der Waals surface area contributed by atoms with Crippen LogP contribution in [-0.4, -0.2) is 16.4 Å². The van der Waals surface area contributed by atoms with Gasteiger partial charge >= 0.3 is 0 Å². The van der Waals surface area contributed by atoms with Gasteiger partial charge in [-0.1, -0.05) is 145 Å². The fourth-order valence-corrected chi connectivity index (χ4v) is 4.45. The van der Waals surface area contributed by atoms with Gasteiger partial charge in [0.1, 0.15) is 26.0 Å². The highest BCUT2D eigenvalue weighted by Gasteiger charge is 2.16. The van der Waals surface area contributed by atoms with Gasteiger partial charge in [0.2, 0.25) is 5.69 Å². The Morgan fingerprint density at radius 1 is 0.543 bits per heavy atom. The summed E-state index contributed by atoms with van der Waals surface area (Å²) in [4.78, 5) is 15.5. The van der Waals surface area contributed by atoms with Crippen molar-refractivity contribution in [2.45, 2.75) is 20.6 Å². The largest absolute Gasteiger partial charge is 0.390 e. The highest BCUT2D eigenvalue weighted by atomic mass is 16.6. The number of nitrogens with zero attached hydrogens (tertiary/aromatic N) is 4. The molecule has 230 valence electrons. The van der Waals surface area contributed by atoms with Crippen LogP contribution in [0.15, 0.2) is 180 Å². The smallest absolute Gasteiger partial charge is 0.234 e. The Balaban J connectivity index is 0.000000205. The molecular weight excluding hydrogens is 568 g/mol. The van der Waals surface area contributed by atoms with Gasteiger partial charge in [-0.2, -0.15) is 4.57 Å². The summed E-state index contributed by atoms with van der Waals surface area (Å²) in [5, 5.41) is 8.73. The number of rotatable bonds is 10. The first-order valence-corrected chi connectivity index (χ1v) is 14.7. The van der Waals surface area contributed by atoms with E-state index in [4.69, 9.17) is 9.68 Å². The molecule has 0 unspecified atom stereocenters. The lowest BCUT2D eigenvalue weighted by Gasteiger charge is -2.06. The highest BCUT2D eigenvalue weighted by molar-refractivity contribution is 6.11. The van der Waals surface area contributed by atoms with Crippen LogP contribution in [0.2, 0.25) is 0 Å². The summed E-state index contributed by atoms with van der Waals surface area (Å²) in [6.45, 7) is 0.887. The molecule has 0 fully saturated rings. The second kappa shape index (κ2) is 18.0. The van der Waals surface area contributed by atoms with E-state index in [2.05, 4.69) is 15.3 Å². The minimum Gasteiger partial charge on any atom is -0.390 e. The first-order chi connectivity index (χ1) is 22.3. The molecule has 6 rings (SSSR count). The van der Waals surface area contributed by atoms with E-state index in [1.165, 1.54) is 0 Å². The first kappa shape index (κ1) is 33.0. The molecule has 6 heteroatoms. The van der Waals surface area contributed by atoms with Crippen LogP contribution in [0.5, 0.6) is 0 Å². The third-order valence-electron chi connectivity index (χ3n) is 6.76. The van der Waals surface area contributed by atoms with Crippen molar-refractivity contribution in [3.63, 3.8) is 0 Å². The van der Waals surface area contributed by atoms with Crippen LogP contribution >= 0.6 is 0 Å². The van der Waals surface area contributed by atoms with Gasteiger partial charge in [-0.05, 0) is 29.3 Å². The molecule has 0 atom stereocenters. The highest BCUT2D eigenvalue weighted by Crippen LogP contribution is 2.11.